The molecule has 6 heteroatoms. The molecule has 0 spiro atoms. The number of hydrogen-bond acceptors (Lipinski definition) is 4. The van der Waals surface area contributed by atoms with E-state index in [-0.39, 0.29) is 30.2 Å². The number of nitrogens with zero attached hydrogens (tertiary/aromatic N) is 3. The van der Waals surface area contributed by atoms with Crippen LogP contribution in [0.15, 0.2) is 48.5 Å². The van der Waals surface area contributed by atoms with E-state index < -0.39 is 0 Å². The van der Waals surface area contributed by atoms with Gasteiger partial charge in [0, 0.05) is 29.4 Å². The average Bonchev–Trinajstić information content (AvgIpc) is 2.69. The van der Waals surface area contributed by atoms with Gasteiger partial charge in [-0.3, -0.25) is 14.4 Å². The Morgan fingerprint density at radius 1 is 1.11 bits per heavy atom. The van der Waals surface area contributed by atoms with Crippen molar-refractivity contribution in [2.75, 3.05) is 18.0 Å². The van der Waals surface area contributed by atoms with Crippen molar-refractivity contribution in [1.29, 1.82) is 5.26 Å². The number of Topliss-reactive ketones (excluding diaryl/α,β-unsaturated/α-hetero) is 1. The Hall–Kier alpha value is -3.46. The molecule has 0 aromatic heterocycles. The molecule has 0 bridgehead atoms. The van der Waals surface area contributed by atoms with Crippen molar-refractivity contribution in [2.24, 2.45) is 0 Å². The van der Waals surface area contributed by atoms with Gasteiger partial charge in [0.05, 0.1) is 11.6 Å². The zero-order chi connectivity index (χ0) is 19.6. The third kappa shape index (κ3) is 3.72. The minimum absolute atomic E-state index is 0.0374. The third-order valence-electron chi connectivity index (χ3n) is 4.67. The SMILES string of the molecule is CC(=O)c1cccc(C(=O)N2CC(=O)N(c3ccc(C#N)cc3)C[C@@H]2C)c1. The summed E-state index contributed by atoms with van der Waals surface area (Å²) < 4.78 is 0. The minimum Gasteiger partial charge on any atom is -0.325 e. The molecular weight excluding hydrogens is 342 g/mol. The summed E-state index contributed by atoms with van der Waals surface area (Å²) >= 11 is 0. The van der Waals surface area contributed by atoms with Crippen molar-refractivity contribution in [1.82, 2.24) is 4.90 Å². The molecule has 0 N–H and O–H groups in total. The summed E-state index contributed by atoms with van der Waals surface area (Å²) in [6, 6.07) is 15.2. The van der Waals surface area contributed by atoms with E-state index in [1.165, 1.54) is 11.8 Å². The van der Waals surface area contributed by atoms with Crippen LogP contribution in [0, 0.1) is 11.3 Å². The van der Waals surface area contributed by atoms with E-state index in [4.69, 9.17) is 5.26 Å². The number of benzene rings is 2. The standard InChI is InChI=1S/C21H19N3O3/c1-14-12-24(19-8-6-16(11-22)7-9-19)20(26)13-23(14)21(27)18-5-3-4-17(10-18)15(2)25/h3-10,14H,12-13H2,1-2H3/t14-/m0/s1. The third-order valence-corrected chi connectivity index (χ3v) is 4.67. The molecule has 2 aromatic carbocycles. The zero-order valence-corrected chi connectivity index (χ0v) is 15.2. The highest BCUT2D eigenvalue weighted by molar-refractivity contribution is 6.03. The van der Waals surface area contributed by atoms with Gasteiger partial charge in [0.1, 0.15) is 6.54 Å². The maximum Gasteiger partial charge on any atom is 0.254 e. The number of carbonyl (C=O) groups is 3. The molecule has 1 aliphatic rings. The molecular formula is C21H19N3O3. The topological polar surface area (TPSA) is 81.5 Å². The van der Waals surface area contributed by atoms with Crippen LogP contribution >= 0.6 is 0 Å². The van der Waals surface area contributed by atoms with Gasteiger partial charge in [-0.05, 0) is 50.2 Å². The lowest BCUT2D eigenvalue weighted by atomic mass is 10.0. The molecule has 6 nitrogen and oxygen atoms in total. The lowest BCUT2D eigenvalue weighted by Gasteiger charge is -2.39. The van der Waals surface area contributed by atoms with Crippen molar-refractivity contribution in [3.63, 3.8) is 0 Å². The smallest absolute Gasteiger partial charge is 0.254 e. The van der Waals surface area contributed by atoms with Crippen molar-refractivity contribution in [3.05, 3.63) is 65.2 Å². The largest absolute Gasteiger partial charge is 0.325 e. The van der Waals surface area contributed by atoms with Crippen molar-refractivity contribution >= 4 is 23.3 Å². The summed E-state index contributed by atoms with van der Waals surface area (Å²) in [7, 11) is 0. The number of rotatable bonds is 3. The van der Waals surface area contributed by atoms with Crippen LogP contribution in [0.25, 0.3) is 0 Å². The first kappa shape index (κ1) is 18.3. The minimum atomic E-state index is -0.265. The molecule has 0 saturated carbocycles. The Kier molecular flexibility index (Phi) is 5.04. The number of nitriles is 1. The van der Waals surface area contributed by atoms with Gasteiger partial charge < -0.3 is 9.80 Å². The lowest BCUT2D eigenvalue weighted by Crippen LogP contribution is -2.57. The molecule has 1 fully saturated rings. The highest BCUT2D eigenvalue weighted by atomic mass is 16.2. The van der Waals surface area contributed by atoms with Gasteiger partial charge in [-0.2, -0.15) is 5.26 Å². The molecule has 1 atom stereocenters. The number of hydrogen-bond donors (Lipinski definition) is 0. The molecule has 0 radical (unpaired) electrons. The van der Waals surface area contributed by atoms with Crippen LogP contribution in [0.5, 0.6) is 0 Å². The fourth-order valence-corrected chi connectivity index (χ4v) is 3.13. The summed E-state index contributed by atoms with van der Waals surface area (Å²) in [5.74, 6) is -0.563. The second kappa shape index (κ2) is 7.42. The summed E-state index contributed by atoms with van der Waals surface area (Å²) in [5.41, 5.74) is 2.10. The molecule has 3 rings (SSSR count). The first-order valence-corrected chi connectivity index (χ1v) is 8.63. The summed E-state index contributed by atoms with van der Waals surface area (Å²) in [5, 5.41) is 8.89. The van der Waals surface area contributed by atoms with Crippen LogP contribution in [0.4, 0.5) is 5.69 Å². The van der Waals surface area contributed by atoms with E-state index in [0.717, 1.165) is 0 Å². The van der Waals surface area contributed by atoms with Crippen LogP contribution in [0.1, 0.15) is 40.1 Å². The molecule has 136 valence electrons. The zero-order valence-electron chi connectivity index (χ0n) is 15.2. The Morgan fingerprint density at radius 3 is 2.41 bits per heavy atom. The van der Waals surface area contributed by atoms with E-state index in [1.807, 2.05) is 13.0 Å². The Morgan fingerprint density at radius 2 is 1.78 bits per heavy atom. The Bertz CT molecular complexity index is 944. The molecule has 0 unspecified atom stereocenters. The number of amides is 2. The number of piperazine rings is 1. The fraction of sp³-hybridized carbons (Fsp3) is 0.238. The first-order valence-electron chi connectivity index (χ1n) is 8.63. The predicted molar refractivity (Wildman–Crippen MR) is 100 cm³/mol. The molecule has 1 saturated heterocycles. The van der Waals surface area contributed by atoms with Gasteiger partial charge in [-0.15, -0.1) is 0 Å². The van der Waals surface area contributed by atoms with Gasteiger partial charge >= 0.3 is 0 Å². The van der Waals surface area contributed by atoms with Gasteiger partial charge in [0.25, 0.3) is 5.91 Å². The molecule has 1 aliphatic heterocycles. The van der Waals surface area contributed by atoms with Crippen LogP contribution in [-0.2, 0) is 4.79 Å². The predicted octanol–water partition coefficient (Wildman–Crippen LogP) is 2.64. The molecule has 1 heterocycles. The number of anilines is 1. The van der Waals surface area contributed by atoms with E-state index in [0.29, 0.717) is 28.9 Å². The van der Waals surface area contributed by atoms with Crippen LogP contribution in [0.3, 0.4) is 0 Å². The van der Waals surface area contributed by atoms with Gasteiger partial charge in [-0.25, -0.2) is 0 Å². The highest BCUT2D eigenvalue weighted by Crippen LogP contribution is 2.22. The van der Waals surface area contributed by atoms with Crippen LogP contribution in [-0.4, -0.2) is 41.6 Å². The van der Waals surface area contributed by atoms with Crippen molar-refractivity contribution in [3.8, 4) is 6.07 Å². The number of ketones is 1. The summed E-state index contributed by atoms with van der Waals surface area (Å²) in [4.78, 5) is 40.2. The Balaban J connectivity index is 1.79. The van der Waals surface area contributed by atoms with E-state index in [2.05, 4.69) is 0 Å². The maximum atomic E-state index is 12.9. The monoisotopic (exact) mass is 361 g/mol. The molecule has 0 aliphatic carbocycles. The number of carbonyl (C=O) groups excluding carboxylic acids is 3. The Labute approximate surface area is 157 Å². The molecule has 2 amide bonds. The van der Waals surface area contributed by atoms with Gasteiger partial charge in [-0.1, -0.05) is 12.1 Å². The van der Waals surface area contributed by atoms with E-state index >= 15 is 0 Å². The normalized spacial score (nSPS) is 16.8. The first-order chi connectivity index (χ1) is 12.9. The summed E-state index contributed by atoms with van der Waals surface area (Å²) in [6.07, 6.45) is 0. The van der Waals surface area contributed by atoms with Crippen molar-refractivity contribution in [2.45, 2.75) is 19.9 Å². The average molecular weight is 361 g/mol. The second-order valence-corrected chi connectivity index (χ2v) is 6.58. The van der Waals surface area contributed by atoms with Crippen LogP contribution < -0.4 is 4.90 Å². The van der Waals surface area contributed by atoms with Crippen LogP contribution in [0.2, 0.25) is 0 Å². The fourth-order valence-electron chi connectivity index (χ4n) is 3.13. The second-order valence-electron chi connectivity index (χ2n) is 6.58. The molecule has 2 aromatic rings. The van der Waals surface area contributed by atoms with Gasteiger partial charge in [0.2, 0.25) is 5.91 Å². The van der Waals surface area contributed by atoms with E-state index in [1.54, 1.807) is 53.4 Å². The van der Waals surface area contributed by atoms with Crippen molar-refractivity contribution < 1.29 is 14.4 Å². The highest BCUT2D eigenvalue weighted by Gasteiger charge is 2.33. The van der Waals surface area contributed by atoms with Gasteiger partial charge in [0.15, 0.2) is 5.78 Å². The van der Waals surface area contributed by atoms with E-state index in [9.17, 15) is 14.4 Å². The quantitative estimate of drug-likeness (QED) is 0.787. The maximum absolute atomic E-state index is 12.9. The molecule has 27 heavy (non-hydrogen) atoms. The summed E-state index contributed by atoms with van der Waals surface area (Å²) in [6.45, 7) is 3.66. The lowest BCUT2D eigenvalue weighted by molar-refractivity contribution is -0.121.